The van der Waals surface area contributed by atoms with Crippen LogP contribution in [0.3, 0.4) is 0 Å². The normalized spacial score (nSPS) is 12.4. The van der Waals surface area contributed by atoms with Crippen molar-refractivity contribution in [3.8, 4) is 11.5 Å². The second-order valence-corrected chi connectivity index (χ2v) is 3.62. The minimum absolute atomic E-state index is 0.0561. The standard InChI is InChI=1S/C11H13N5/c1-7(12)9-5-14-11(16-8(9)2)10-3-4-13-6-15-10/h3-7H,12H2,1-2H3. The zero-order chi connectivity index (χ0) is 11.5. The third kappa shape index (κ3) is 2.04. The van der Waals surface area contributed by atoms with Crippen LogP contribution >= 0.6 is 0 Å². The molecule has 0 aliphatic carbocycles. The molecular formula is C11H13N5. The van der Waals surface area contributed by atoms with E-state index in [0.29, 0.717) is 11.5 Å². The summed E-state index contributed by atoms with van der Waals surface area (Å²) in [7, 11) is 0. The third-order valence-corrected chi connectivity index (χ3v) is 2.32. The van der Waals surface area contributed by atoms with Crippen LogP contribution in [0.2, 0.25) is 0 Å². The van der Waals surface area contributed by atoms with E-state index in [-0.39, 0.29) is 6.04 Å². The van der Waals surface area contributed by atoms with Crippen LogP contribution in [0.15, 0.2) is 24.8 Å². The summed E-state index contributed by atoms with van der Waals surface area (Å²) in [4.78, 5) is 16.6. The molecule has 5 heteroatoms. The molecule has 1 unspecified atom stereocenters. The lowest BCUT2D eigenvalue weighted by molar-refractivity contribution is 0.789. The van der Waals surface area contributed by atoms with Crippen LogP contribution in [-0.4, -0.2) is 19.9 Å². The highest BCUT2D eigenvalue weighted by Gasteiger charge is 2.08. The minimum Gasteiger partial charge on any atom is -0.324 e. The Hall–Kier alpha value is -1.88. The number of rotatable bonds is 2. The molecule has 2 N–H and O–H groups in total. The average Bonchev–Trinajstić information content (AvgIpc) is 2.29. The number of nitrogens with zero attached hydrogens (tertiary/aromatic N) is 4. The monoisotopic (exact) mass is 215 g/mol. The van der Waals surface area contributed by atoms with E-state index in [9.17, 15) is 0 Å². The first-order chi connectivity index (χ1) is 7.68. The molecule has 2 aromatic rings. The van der Waals surface area contributed by atoms with Gasteiger partial charge >= 0.3 is 0 Å². The maximum absolute atomic E-state index is 5.80. The molecule has 0 bridgehead atoms. The smallest absolute Gasteiger partial charge is 0.178 e. The van der Waals surface area contributed by atoms with Crippen LogP contribution in [0.1, 0.15) is 24.2 Å². The van der Waals surface area contributed by atoms with Crippen molar-refractivity contribution in [2.24, 2.45) is 5.73 Å². The number of aromatic nitrogens is 4. The summed E-state index contributed by atoms with van der Waals surface area (Å²) in [5, 5.41) is 0. The summed E-state index contributed by atoms with van der Waals surface area (Å²) in [6.45, 7) is 3.83. The summed E-state index contributed by atoms with van der Waals surface area (Å²) in [6, 6.07) is 1.72. The van der Waals surface area contributed by atoms with Gasteiger partial charge in [0, 0.05) is 29.7 Å². The summed E-state index contributed by atoms with van der Waals surface area (Å²) >= 11 is 0. The largest absolute Gasteiger partial charge is 0.324 e. The van der Waals surface area contributed by atoms with Gasteiger partial charge < -0.3 is 5.73 Å². The molecule has 16 heavy (non-hydrogen) atoms. The Morgan fingerprint density at radius 1 is 1.31 bits per heavy atom. The maximum Gasteiger partial charge on any atom is 0.178 e. The van der Waals surface area contributed by atoms with E-state index >= 15 is 0 Å². The van der Waals surface area contributed by atoms with Gasteiger partial charge in [-0.2, -0.15) is 0 Å². The fourth-order valence-electron chi connectivity index (χ4n) is 1.47. The Morgan fingerprint density at radius 2 is 2.12 bits per heavy atom. The van der Waals surface area contributed by atoms with E-state index in [1.807, 2.05) is 13.8 Å². The fourth-order valence-corrected chi connectivity index (χ4v) is 1.47. The van der Waals surface area contributed by atoms with Gasteiger partial charge in [-0.3, -0.25) is 0 Å². The first kappa shape index (κ1) is 10.6. The summed E-state index contributed by atoms with van der Waals surface area (Å²) in [5.74, 6) is 0.601. The molecule has 0 saturated heterocycles. The Labute approximate surface area is 93.8 Å². The molecule has 0 radical (unpaired) electrons. The summed E-state index contributed by atoms with van der Waals surface area (Å²) in [6.07, 6.45) is 4.90. The quantitative estimate of drug-likeness (QED) is 0.816. The van der Waals surface area contributed by atoms with E-state index in [2.05, 4.69) is 19.9 Å². The van der Waals surface area contributed by atoms with Crippen LogP contribution in [0, 0.1) is 6.92 Å². The molecule has 5 nitrogen and oxygen atoms in total. The van der Waals surface area contributed by atoms with Gasteiger partial charge in [-0.15, -0.1) is 0 Å². The average molecular weight is 215 g/mol. The molecule has 0 aromatic carbocycles. The Kier molecular flexibility index (Phi) is 2.87. The lowest BCUT2D eigenvalue weighted by Crippen LogP contribution is -2.09. The summed E-state index contributed by atoms with van der Waals surface area (Å²) < 4.78 is 0. The number of nitrogens with two attached hydrogens (primary N) is 1. The van der Waals surface area contributed by atoms with E-state index in [4.69, 9.17) is 5.73 Å². The van der Waals surface area contributed by atoms with Crippen molar-refractivity contribution in [1.82, 2.24) is 19.9 Å². The first-order valence-corrected chi connectivity index (χ1v) is 5.04. The molecule has 0 fully saturated rings. The molecule has 0 aliphatic heterocycles. The first-order valence-electron chi connectivity index (χ1n) is 5.04. The van der Waals surface area contributed by atoms with Gasteiger partial charge in [0.1, 0.15) is 12.0 Å². The molecule has 0 saturated carbocycles. The van der Waals surface area contributed by atoms with Crippen LogP contribution in [0.25, 0.3) is 11.5 Å². The summed E-state index contributed by atoms with van der Waals surface area (Å²) in [5.41, 5.74) is 8.36. The van der Waals surface area contributed by atoms with Gasteiger partial charge in [-0.25, -0.2) is 19.9 Å². The van der Waals surface area contributed by atoms with Gasteiger partial charge in [-0.05, 0) is 19.9 Å². The van der Waals surface area contributed by atoms with Crippen LogP contribution in [0.4, 0.5) is 0 Å². The van der Waals surface area contributed by atoms with Crippen LogP contribution in [-0.2, 0) is 0 Å². The predicted octanol–water partition coefficient (Wildman–Crippen LogP) is 1.26. The Morgan fingerprint density at radius 3 is 2.69 bits per heavy atom. The highest BCUT2D eigenvalue weighted by Crippen LogP contribution is 2.16. The van der Waals surface area contributed by atoms with Crippen LogP contribution < -0.4 is 5.73 Å². The molecular weight excluding hydrogens is 202 g/mol. The molecule has 2 heterocycles. The molecule has 82 valence electrons. The molecule has 2 rings (SSSR count). The van der Waals surface area contributed by atoms with E-state index in [1.165, 1.54) is 6.33 Å². The molecule has 0 aliphatic rings. The number of hydrogen-bond acceptors (Lipinski definition) is 5. The van der Waals surface area contributed by atoms with Crippen molar-refractivity contribution in [1.29, 1.82) is 0 Å². The van der Waals surface area contributed by atoms with Crippen molar-refractivity contribution in [3.05, 3.63) is 36.0 Å². The van der Waals surface area contributed by atoms with Gasteiger partial charge in [0.25, 0.3) is 0 Å². The van der Waals surface area contributed by atoms with Gasteiger partial charge in [0.15, 0.2) is 5.82 Å². The Balaban J connectivity index is 2.43. The minimum atomic E-state index is -0.0561. The zero-order valence-electron chi connectivity index (χ0n) is 9.25. The van der Waals surface area contributed by atoms with E-state index < -0.39 is 0 Å². The van der Waals surface area contributed by atoms with Crippen LogP contribution in [0.5, 0.6) is 0 Å². The fraction of sp³-hybridized carbons (Fsp3) is 0.273. The second kappa shape index (κ2) is 4.32. The van der Waals surface area contributed by atoms with Crippen molar-refractivity contribution in [3.63, 3.8) is 0 Å². The van der Waals surface area contributed by atoms with Crippen molar-refractivity contribution in [2.45, 2.75) is 19.9 Å². The Bertz CT molecular complexity index is 481. The van der Waals surface area contributed by atoms with Crippen molar-refractivity contribution in [2.75, 3.05) is 0 Å². The molecule has 1 atom stereocenters. The van der Waals surface area contributed by atoms with Crippen molar-refractivity contribution >= 4 is 0 Å². The lowest BCUT2D eigenvalue weighted by Gasteiger charge is -2.09. The number of aryl methyl sites for hydroxylation is 1. The number of hydrogen-bond donors (Lipinski definition) is 1. The predicted molar refractivity (Wildman–Crippen MR) is 60.4 cm³/mol. The highest BCUT2D eigenvalue weighted by molar-refractivity contribution is 5.48. The molecule has 2 aromatic heterocycles. The van der Waals surface area contributed by atoms with E-state index in [1.54, 1.807) is 18.5 Å². The van der Waals surface area contributed by atoms with Gasteiger partial charge in [0.05, 0.1) is 0 Å². The zero-order valence-corrected chi connectivity index (χ0v) is 9.25. The lowest BCUT2D eigenvalue weighted by atomic mass is 10.1. The molecule has 0 amide bonds. The van der Waals surface area contributed by atoms with Gasteiger partial charge in [0.2, 0.25) is 0 Å². The third-order valence-electron chi connectivity index (χ3n) is 2.32. The van der Waals surface area contributed by atoms with Crippen molar-refractivity contribution < 1.29 is 0 Å². The second-order valence-electron chi connectivity index (χ2n) is 3.62. The van der Waals surface area contributed by atoms with Gasteiger partial charge in [-0.1, -0.05) is 0 Å². The SMILES string of the molecule is Cc1nc(-c2ccncn2)ncc1C(C)N. The topological polar surface area (TPSA) is 77.6 Å². The molecule has 0 spiro atoms. The van der Waals surface area contributed by atoms with E-state index in [0.717, 1.165) is 11.3 Å². The maximum atomic E-state index is 5.80. The highest BCUT2D eigenvalue weighted by atomic mass is 14.9.